The van der Waals surface area contributed by atoms with E-state index in [-0.39, 0.29) is 6.54 Å². The fourth-order valence-corrected chi connectivity index (χ4v) is 1.43. The van der Waals surface area contributed by atoms with E-state index in [1.54, 1.807) is 49.1 Å². The molecule has 0 aliphatic carbocycles. The Labute approximate surface area is 121 Å². The maximum Gasteiger partial charge on any atom is 0.329 e. The molecule has 2 heterocycles. The predicted octanol–water partition coefficient (Wildman–Crippen LogP) is 0.243. The molecule has 7 nitrogen and oxygen atoms in total. The lowest BCUT2D eigenvalue weighted by atomic mass is 10.3. The van der Waals surface area contributed by atoms with Crippen molar-refractivity contribution in [3.05, 3.63) is 60.2 Å². The number of carbonyl (C=O) groups excluding carboxylic acids is 2. The van der Waals surface area contributed by atoms with Gasteiger partial charge in [-0.05, 0) is 17.7 Å². The Morgan fingerprint density at radius 2 is 1.86 bits per heavy atom. The summed E-state index contributed by atoms with van der Waals surface area (Å²) in [6, 6.07) is 7.06. The van der Waals surface area contributed by atoms with Crippen molar-refractivity contribution in [1.82, 2.24) is 20.7 Å². The van der Waals surface area contributed by atoms with E-state index in [0.29, 0.717) is 5.56 Å². The van der Waals surface area contributed by atoms with Crippen molar-refractivity contribution in [2.24, 2.45) is 5.10 Å². The number of pyridine rings is 2. The van der Waals surface area contributed by atoms with Crippen molar-refractivity contribution < 1.29 is 9.59 Å². The van der Waals surface area contributed by atoms with Crippen molar-refractivity contribution in [3.8, 4) is 0 Å². The fraction of sp³-hybridized carbons (Fsp3) is 0.0714. The van der Waals surface area contributed by atoms with Crippen LogP contribution in [0.2, 0.25) is 0 Å². The monoisotopic (exact) mass is 283 g/mol. The number of carbonyl (C=O) groups is 2. The van der Waals surface area contributed by atoms with Gasteiger partial charge in [-0.3, -0.25) is 19.6 Å². The highest BCUT2D eigenvalue weighted by molar-refractivity contribution is 6.35. The van der Waals surface area contributed by atoms with E-state index in [2.05, 4.69) is 25.8 Å². The van der Waals surface area contributed by atoms with Crippen molar-refractivity contribution in [2.45, 2.75) is 6.54 Å². The number of hydrogen-bond acceptors (Lipinski definition) is 5. The smallest absolute Gasteiger partial charge is 0.329 e. The van der Waals surface area contributed by atoms with E-state index in [1.807, 2.05) is 0 Å². The van der Waals surface area contributed by atoms with Gasteiger partial charge in [0.25, 0.3) is 0 Å². The van der Waals surface area contributed by atoms with Crippen LogP contribution < -0.4 is 10.7 Å². The van der Waals surface area contributed by atoms with Crippen LogP contribution in [0.5, 0.6) is 0 Å². The highest BCUT2D eigenvalue weighted by Crippen LogP contribution is 1.94. The standard InChI is InChI=1S/C14H13N5O2/c20-13(17-9-11-3-1-5-15-7-11)14(21)19-18-10-12-4-2-6-16-8-12/h1-8,10H,9H2,(H,17,20)(H,19,21)/b18-10-. The lowest BCUT2D eigenvalue weighted by molar-refractivity contribution is -0.139. The van der Waals surface area contributed by atoms with E-state index in [0.717, 1.165) is 5.56 Å². The summed E-state index contributed by atoms with van der Waals surface area (Å²) < 4.78 is 0. The van der Waals surface area contributed by atoms with Gasteiger partial charge in [0.1, 0.15) is 0 Å². The minimum absolute atomic E-state index is 0.229. The van der Waals surface area contributed by atoms with Gasteiger partial charge in [-0.1, -0.05) is 12.1 Å². The van der Waals surface area contributed by atoms with Crippen LogP contribution in [0.4, 0.5) is 0 Å². The molecule has 21 heavy (non-hydrogen) atoms. The first-order chi connectivity index (χ1) is 10.3. The highest BCUT2D eigenvalue weighted by atomic mass is 16.2. The number of amides is 2. The van der Waals surface area contributed by atoms with Crippen molar-refractivity contribution >= 4 is 18.0 Å². The second-order valence-corrected chi connectivity index (χ2v) is 4.03. The Hall–Kier alpha value is -3.09. The lowest BCUT2D eigenvalue weighted by Crippen LogP contribution is -2.37. The Morgan fingerprint density at radius 1 is 1.10 bits per heavy atom. The Balaban J connectivity index is 1.78. The molecule has 0 saturated carbocycles. The zero-order chi connectivity index (χ0) is 14.9. The van der Waals surface area contributed by atoms with Crippen LogP contribution in [0.1, 0.15) is 11.1 Å². The first kappa shape index (κ1) is 14.3. The molecule has 2 rings (SSSR count). The minimum atomic E-state index is -0.834. The molecule has 7 heteroatoms. The molecule has 0 aromatic carbocycles. The summed E-state index contributed by atoms with van der Waals surface area (Å²) in [5.74, 6) is -1.60. The average molecular weight is 283 g/mol. The van der Waals surface area contributed by atoms with Gasteiger partial charge in [0, 0.05) is 36.9 Å². The fourth-order valence-electron chi connectivity index (χ4n) is 1.43. The summed E-state index contributed by atoms with van der Waals surface area (Å²) in [4.78, 5) is 30.8. The third-order valence-corrected chi connectivity index (χ3v) is 2.45. The van der Waals surface area contributed by atoms with E-state index < -0.39 is 11.8 Å². The number of nitrogens with one attached hydrogen (secondary N) is 2. The van der Waals surface area contributed by atoms with Gasteiger partial charge in [-0.25, -0.2) is 5.43 Å². The summed E-state index contributed by atoms with van der Waals surface area (Å²) in [6.45, 7) is 0.229. The minimum Gasteiger partial charge on any atom is -0.344 e. The zero-order valence-electron chi connectivity index (χ0n) is 11.1. The van der Waals surface area contributed by atoms with Gasteiger partial charge in [0.05, 0.1) is 6.21 Å². The van der Waals surface area contributed by atoms with Gasteiger partial charge in [-0.2, -0.15) is 5.10 Å². The second-order valence-electron chi connectivity index (χ2n) is 4.03. The van der Waals surface area contributed by atoms with Gasteiger partial charge >= 0.3 is 11.8 Å². The van der Waals surface area contributed by atoms with Gasteiger partial charge in [0.15, 0.2) is 0 Å². The van der Waals surface area contributed by atoms with E-state index >= 15 is 0 Å². The molecule has 2 amide bonds. The van der Waals surface area contributed by atoms with E-state index in [1.165, 1.54) is 6.21 Å². The molecule has 0 bridgehead atoms. The molecule has 0 aliphatic heterocycles. The molecular formula is C14H13N5O2. The van der Waals surface area contributed by atoms with Crippen LogP contribution in [0.3, 0.4) is 0 Å². The molecule has 0 unspecified atom stereocenters. The number of hydrogen-bond donors (Lipinski definition) is 2. The molecule has 2 aromatic heterocycles. The molecular weight excluding hydrogens is 270 g/mol. The maximum atomic E-state index is 11.5. The zero-order valence-corrected chi connectivity index (χ0v) is 11.1. The molecule has 2 aromatic rings. The van der Waals surface area contributed by atoms with Gasteiger partial charge in [-0.15, -0.1) is 0 Å². The molecule has 0 spiro atoms. The summed E-state index contributed by atoms with van der Waals surface area (Å²) in [6.07, 6.45) is 7.85. The summed E-state index contributed by atoms with van der Waals surface area (Å²) >= 11 is 0. The SMILES string of the molecule is O=C(NCc1cccnc1)C(=O)N/N=C\c1cccnc1. The molecule has 106 valence electrons. The van der Waals surface area contributed by atoms with Crippen molar-refractivity contribution in [2.75, 3.05) is 0 Å². The number of hydrazone groups is 1. The van der Waals surface area contributed by atoms with Crippen LogP contribution >= 0.6 is 0 Å². The van der Waals surface area contributed by atoms with E-state index in [9.17, 15) is 9.59 Å². The topological polar surface area (TPSA) is 96.3 Å². The summed E-state index contributed by atoms with van der Waals surface area (Å²) in [5.41, 5.74) is 3.66. The van der Waals surface area contributed by atoms with Crippen molar-refractivity contribution in [3.63, 3.8) is 0 Å². The normalized spacial score (nSPS) is 10.3. The molecule has 0 radical (unpaired) electrons. The molecule has 0 aliphatic rings. The van der Waals surface area contributed by atoms with Crippen LogP contribution in [0.15, 0.2) is 54.2 Å². The van der Waals surface area contributed by atoms with Crippen molar-refractivity contribution in [1.29, 1.82) is 0 Å². The largest absolute Gasteiger partial charge is 0.344 e. The van der Waals surface area contributed by atoms with Crippen LogP contribution in [0.25, 0.3) is 0 Å². The summed E-state index contributed by atoms with van der Waals surface area (Å²) in [7, 11) is 0. The van der Waals surface area contributed by atoms with Crippen LogP contribution in [-0.4, -0.2) is 28.0 Å². The molecule has 0 saturated heterocycles. The van der Waals surface area contributed by atoms with Crippen LogP contribution in [-0.2, 0) is 16.1 Å². The van der Waals surface area contributed by atoms with E-state index in [4.69, 9.17) is 0 Å². The molecule has 0 atom stereocenters. The first-order valence-electron chi connectivity index (χ1n) is 6.16. The summed E-state index contributed by atoms with van der Waals surface area (Å²) in [5, 5.41) is 6.15. The van der Waals surface area contributed by atoms with Crippen LogP contribution in [0, 0.1) is 0 Å². The average Bonchev–Trinajstić information content (AvgIpc) is 2.54. The predicted molar refractivity (Wildman–Crippen MR) is 76.1 cm³/mol. The number of aromatic nitrogens is 2. The Kier molecular flexibility index (Phi) is 5.11. The van der Waals surface area contributed by atoms with Gasteiger partial charge < -0.3 is 5.32 Å². The molecule has 2 N–H and O–H groups in total. The lowest BCUT2D eigenvalue weighted by Gasteiger charge is -2.03. The third-order valence-electron chi connectivity index (χ3n) is 2.45. The second kappa shape index (κ2) is 7.49. The number of rotatable bonds is 4. The quantitative estimate of drug-likeness (QED) is 0.477. The Morgan fingerprint density at radius 3 is 2.52 bits per heavy atom. The number of nitrogens with zero attached hydrogens (tertiary/aromatic N) is 3. The Bertz CT molecular complexity index is 628. The highest BCUT2D eigenvalue weighted by Gasteiger charge is 2.11. The third kappa shape index (κ3) is 4.83. The first-order valence-corrected chi connectivity index (χ1v) is 6.16. The maximum absolute atomic E-state index is 11.5. The van der Waals surface area contributed by atoms with Gasteiger partial charge in [0.2, 0.25) is 0 Å². The molecule has 0 fully saturated rings.